The summed E-state index contributed by atoms with van der Waals surface area (Å²) in [6, 6.07) is 9.82. The highest BCUT2D eigenvalue weighted by atomic mass is 32.2. The first-order chi connectivity index (χ1) is 10.6. The van der Waals surface area contributed by atoms with Gasteiger partial charge in [-0.15, -0.1) is 10.2 Å². The van der Waals surface area contributed by atoms with Crippen LogP contribution in [-0.2, 0) is 11.2 Å². The number of nitrogens with two attached hydrogens (primary N) is 1. The van der Waals surface area contributed by atoms with Crippen molar-refractivity contribution in [1.29, 1.82) is 0 Å². The summed E-state index contributed by atoms with van der Waals surface area (Å²) in [4.78, 5) is 12.0. The number of hydrogen-bond acceptors (Lipinski definition) is 5. The van der Waals surface area contributed by atoms with Gasteiger partial charge in [0.1, 0.15) is 0 Å². The molecule has 1 aromatic carbocycles. The van der Waals surface area contributed by atoms with Gasteiger partial charge in [0, 0.05) is 6.42 Å². The highest BCUT2D eigenvalue weighted by Crippen LogP contribution is 2.16. The molecule has 0 aliphatic heterocycles. The fourth-order valence-corrected chi connectivity index (χ4v) is 2.72. The Labute approximate surface area is 134 Å². The minimum Gasteiger partial charge on any atom is -0.349 e. The number of hydrogen-bond donors (Lipinski definition) is 2. The molecule has 1 heterocycles. The van der Waals surface area contributed by atoms with E-state index in [2.05, 4.69) is 22.4 Å². The van der Waals surface area contributed by atoms with Crippen LogP contribution in [0.1, 0.15) is 37.7 Å². The Bertz CT molecular complexity index is 614. The smallest absolute Gasteiger partial charge is 0.230 e. The lowest BCUT2D eigenvalue weighted by Crippen LogP contribution is -2.28. The van der Waals surface area contributed by atoms with Gasteiger partial charge < -0.3 is 11.2 Å². The van der Waals surface area contributed by atoms with Gasteiger partial charge in [-0.05, 0) is 18.9 Å². The number of nitrogens with zero attached hydrogens (tertiary/aromatic N) is 3. The average molecular weight is 319 g/mol. The molecule has 1 unspecified atom stereocenters. The number of benzene rings is 1. The second-order valence-corrected chi connectivity index (χ2v) is 5.95. The summed E-state index contributed by atoms with van der Waals surface area (Å²) in [5.41, 5.74) is 1.08. The molecule has 0 spiro atoms. The molecule has 0 radical (unpaired) electrons. The van der Waals surface area contributed by atoms with E-state index in [9.17, 15) is 4.79 Å². The molecule has 0 bridgehead atoms. The van der Waals surface area contributed by atoms with E-state index in [4.69, 9.17) is 5.84 Å². The second-order valence-electron chi connectivity index (χ2n) is 5.01. The molecule has 22 heavy (non-hydrogen) atoms. The Morgan fingerprint density at radius 2 is 2.09 bits per heavy atom. The van der Waals surface area contributed by atoms with Gasteiger partial charge in [0.25, 0.3) is 0 Å². The number of rotatable bonds is 7. The van der Waals surface area contributed by atoms with Crippen molar-refractivity contribution in [2.75, 3.05) is 11.6 Å². The zero-order valence-electron chi connectivity index (χ0n) is 12.8. The highest BCUT2D eigenvalue weighted by molar-refractivity contribution is 7.99. The van der Waals surface area contributed by atoms with Crippen LogP contribution in [0.2, 0.25) is 0 Å². The Morgan fingerprint density at radius 3 is 2.77 bits per heavy atom. The van der Waals surface area contributed by atoms with Crippen LogP contribution < -0.4 is 11.2 Å². The molecule has 7 heteroatoms. The molecule has 6 nitrogen and oxygen atoms in total. The van der Waals surface area contributed by atoms with Crippen molar-refractivity contribution in [3.05, 3.63) is 41.7 Å². The van der Waals surface area contributed by atoms with Crippen molar-refractivity contribution in [2.45, 2.75) is 37.9 Å². The summed E-state index contributed by atoms with van der Waals surface area (Å²) in [5.74, 6) is 6.85. The third-order valence-electron chi connectivity index (χ3n) is 3.22. The Balaban J connectivity index is 1.85. The predicted molar refractivity (Wildman–Crippen MR) is 87.9 cm³/mol. The molecule has 0 saturated heterocycles. The van der Waals surface area contributed by atoms with E-state index in [1.54, 1.807) is 0 Å². The van der Waals surface area contributed by atoms with Gasteiger partial charge >= 0.3 is 0 Å². The maximum absolute atomic E-state index is 12.0. The summed E-state index contributed by atoms with van der Waals surface area (Å²) in [7, 11) is 0. The SMILES string of the molecule is CCCc1nnc(SCC(=O)NC(C)c2ccccc2)n1N. The molecule has 1 aromatic heterocycles. The summed E-state index contributed by atoms with van der Waals surface area (Å²) < 4.78 is 1.46. The van der Waals surface area contributed by atoms with Gasteiger partial charge in [0.15, 0.2) is 5.82 Å². The molecule has 118 valence electrons. The standard InChI is InChI=1S/C15H21N5OS/c1-3-7-13-18-19-15(20(13)16)22-10-14(21)17-11(2)12-8-5-4-6-9-12/h4-6,8-9,11H,3,7,10,16H2,1-2H3,(H,17,21). The van der Waals surface area contributed by atoms with E-state index in [-0.39, 0.29) is 17.7 Å². The zero-order valence-corrected chi connectivity index (χ0v) is 13.6. The third kappa shape index (κ3) is 4.24. The highest BCUT2D eigenvalue weighted by Gasteiger charge is 2.13. The summed E-state index contributed by atoms with van der Waals surface area (Å²) in [5, 5.41) is 11.6. The first-order valence-corrected chi connectivity index (χ1v) is 8.26. The lowest BCUT2D eigenvalue weighted by molar-refractivity contribution is -0.119. The van der Waals surface area contributed by atoms with Gasteiger partial charge in [0.2, 0.25) is 11.1 Å². The fourth-order valence-electron chi connectivity index (χ4n) is 2.04. The van der Waals surface area contributed by atoms with Crippen molar-refractivity contribution in [2.24, 2.45) is 0 Å². The van der Waals surface area contributed by atoms with E-state index in [0.29, 0.717) is 5.16 Å². The van der Waals surface area contributed by atoms with E-state index in [1.807, 2.05) is 37.3 Å². The van der Waals surface area contributed by atoms with Crippen molar-refractivity contribution >= 4 is 17.7 Å². The lowest BCUT2D eigenvalue weighted by atomic mass is 10.1. The van der Waals surface area contributed by atoms with Gasteiger partial charge in [-0.1, -0.05) is 49.0 Å². The number of aryl methyl sites for hydroxylation is 1. The first kappa shape index (κ1) is 16.4. The van der Waals surface area contributed by atoms with E-state index < -0.39 is 0 Å². The van der Waals surface area contributed by atoms with Crippen LogP contribution in [0.5, 0.6) is 0 Å². The molecule has 0 saturated carbocycles. The van der Waals surface area contributed by atoms with Crippen LogP contribution in [0.3, 0.4) is 0 Å². The number of amides is 1. The minimum atomic E-state index is -0.0543. The van der Waals surface area contributed by atoms with Crippen LogP contribution in [-0.4, -0.2) is 26.5 Å². The maximum atomic E-state index is 12.0. The van der Waals surface area contributed by atoms with Crippen molar-refractivity contribution in [3.8, 4) is 0 Å². The fraction of sp³-hybridized carbons (Fsp3) is 0.400. The van der Waals surface area contributed by atoms with Gasteiger partial charge in [-0.2, -0.15) is 0 Å². The molecule has 2 rings (SSSR count). The number of nitrogen functional groups attached to an aromatic ring is 1. The molecule has 2 aromatic rings. The Hall–Kier alpha value is -2.02. The molecule has 0 aliphatic rings. The quantitative estimate of drug-likeness (QED) is 0.601. The minimum absolute atomic E-state index is 0.0271. The van der Waals surface area contributed by atoms with Crippen LogP contribution in [0, 0.1) is 0 Å². The predicted octanol–water partition coefficient (Wildman–Crippen LogP) is 1.91. The maximum Gasteiger partial charge on any atom is 0.230 e. The van der Waals surface area contributed by atoms with E-state index in [0.717, 1.165) is 24.2 Å². The molecule has 0 fully saturated rings. The van der Waals surface area contributed by atoms with Crippen LogP contribution in [0.15, 0.2) is 35.5 Å². The van der Waals surface area contributed by atoms with Crippen molar-refractivity contribution < 1.29 is 4.79 Å². The molecular formula is C15H21N5OS. The monoisotopic (exact) mass is 319 g/mol. The normalized spacial score (nSPS) is 12.1. The van der Waals surface area contributed by atoms with Gasteiger partial charge in [-0.25, -0.2) is 4.68 Å². The molecule has 3 N–H and O–H groups in total. The number of aromatic nitrogens is 3. The number of thioether (sulfide) groups is 1. The molecule has 1 amide bonds. The topological polar surface area (TPSA) is 85.8 Å². The number of carbonyl (C=O) groups excluding carboxylic acids is 1. The first-order valence-electron chi connectivity index (χ1n) is 7.28. The van der Waals surface area contributed by atoms with E-state index in [1.165, 1.54) is 16.4 Å². The molecule has 0 aliphatic carbocycles. The lowest BCUT2D eigenvalue weighted by Gasteiger charge is -2.13. The third-order valence-corrected chi connectivity index (χ3v) is 4.16. The van der Waals surface area contributed by atoms with Crippen LogP contribution in [0.25, 0.3) is 0 Å². The number of nitrogens with one attached hydrogen (secondary N) is 1. The van der Waals surface area contributed by atoms with E-state index >= 15 is 0 Å². The Morgan fingerprint density at radius 1 is 1.36 bits per heavy atom. The molecular weight excluding hydrogens is 298 g/mol. The van der Waals surface area contributed by atoms with Crippen LogP contribution in [0.4, 0.5) is 0 Å². The summed E-state index contributed by atoms with van der Waals surface area (Å²) in [6.45, 7) is 4.02. The Kier molecular flexibility index (Phi) is 5.83. The number of carbonyl (C=O) groups is 1. The average Bonchev–Trinajstić information content (AvgIpc) is 2.87. The van der Waals surface area contributed by atoms with Gasteiger partial charge in [-0.3, -0.25) is 4.79 Å². The largest absolute Gasteiger partial charge is 0.349 e. The van der Waals surface area contributed by atoms with Gasteiger partial charge in [0.05, 0.1) is 11.8 Å². The van der Waals surface area contributed by atoms with Crippen LogP contribution >= 0.6 is 11.8 Å². The zero-order chi connectivity index (χ0) is 15.9. The second kappa shape index (κ2) is 7.84. The van der Waals surface area contributed by atoms with Crippen molar-refractivity contribution in [3.63, 3.8) is 0 Å². The summed E-state index contributed by atoms with van der Waals surface area (Å²) >= 11 is 1.29. The molecule has 1 atom stereocenters. The summed E-state index contributed by atoms with van der Waals surface area (Å²) in [6.07, 6.45) is 1.73. The van der Waals surface area contributed by atoms with Crippen molar-refractivity contribution in [1.82, 2.24) is 20.2 Å².